The highest BCUT2D eigenvalue weighted by Crippen LogP contribution is 2.41. The molecule has 2 rings (SSSR count). The summed E-state index contributed by atoms with van der Waals surface area (Å²) in [6, 6.07) is 8.03. The largest absolute Gasteiger partial charge is 0.416 e. The van der Waals surface area contributed by atoms with Crippen LogP contribution in [-0.2, 0) is 26.6 Å². The summed E-state index contributed by atoms with van der Waals surface area (Å²) in [5.74, 6) is -1.73. The number of methoxy groups -OCH3 is 1. The van der Waals surface area contributed by atoms with Crippen LogP contribution in [0.1, 0.15) is 88.3 Å². The van der Waals surface area contributed by atoms with E-state index in [0.717, 1.165) is 49.8 Å². The Bertz CT molecular complexity index is 932. The van der Waals surface area contributed by atoms with Crippen LogP contribution >= 0.6 is 0 Å². The van der Waals surface area contributed by atoms with Gasteiger partial charge in [0.25, 0.3) is 5.97 Å². The first-order valence-corrected chi connectivity index (χ1v) is 13.1. The monoisotopic (exact) mass is 548 g/mol. The van der Waals surface area contributed by atoms with Gasteiger partial charge in [0.05, 0.1) is 17.0 Å². The first-order chi connectivity index (χ1) is 17.9. The summed E-state index contributed by atoms with van der Waals surface area (Å²) in [5.41, 5.74) is -1.87. The third-order valence-electron chi connectivity index (χ3n) is 6.48. The molecule has 1 atom stereocenters. The molecule has 0 aliphatic carbocycles. The number of halogens is 6. The molecule has 0 bridgehead atoms. The zero-order valence-electron chi connectivity index (χ0n) is 22.5. The van der Waals surface area contributed by atoms with Crippen LogP contribution in [0.15, 0.2) is 42.5 Å². The highest BCUT2D eigenvalue weighted by Gasteiger charge is 2.42. The Morgan fingerprint density at radius 2 is 1.16 bits per heavy atom. The second-order valence-corrected chi connectivity index (χ2v) is 9.20. The van der Waals surface area contributed by atoms with Gasteiger partial charge in [0, 0.05) is 20.3 Å². The van der Waals surface area contributed by atoms with Crippen LogP contribution in [-0.4, -0.2) is 26.3 Å². The minimum absolute atomic E-state index is 0.130. The molecule has 0 radical (unpaired) electrons. The molecule has 2 aromatic rings. The van der Waals surface area contributed by atoms with Crippen molar-refractivity contribution in [1.29, 1.82) is 0 Å². The van der Waals surface area contributed by atoms with Crippen molar-refractivity contribution >= 4 is 0 Å². The van der Waals surface area contributed by atoms with Crippen molar-refractivity contribution in [3.63, 3.8) is 0 Å². The molecule has 214 valence electrons. The molecular weight excluding hydrogens is 510 g/mol. The maximum Gasteiger partial charge on any atom is 0.416 e. The topological polar surface area (TPSA) is 27.7 Å². The summed E-state index contributed by atoms with van der Waals surface area (Å²) in [6.45, 7) is 6.44. The van der Waals surface area contributed by atoms with Gasteiger partial charge in [0.1, 0.15) is 0 Å². The van der Waals surface area contributed by atoms with Gasteiger partial charge in [-0.2, -0.15) is 26.3 Å². The molecule has 3 nitrogen and oxygen atoms in total. The van der Waals surface area contributed by atoms with Gasteiger partial charge in [-0.1, -0.05) is 69.7 Å². The Morgan fingerprint density at radius 1 is 0.658 bits per heavy atom. The van der Waals surface area contributed by atoms with Gasteiger partial charge < -0.3 is 14.2 Å². The van der Waals surface area contributed by atoms with E-state index < -0.39 is 29.5 Å². The van der Waals surface area contributed by atoms with Gasteiger partial charge >= 0.3 is 12.4 Å². The van der Waals surface area contributed by atoms with E-state index in [0.29, 0.717) is 19.6 Å². The maximum atomic E-state index is 13.3. The molecule has 0 spiro atoms. The lowest BCUT2D eigenvalue weighted by molar-refractivity contribution is -0.381. The van der Waals surface area contributed by atoms with Crippen LogP contribution in [0.5, 0.6) is 0 Å². The number of hydrogen-bond acceptors (Lipinski definition) is 3. The molecule has 1 unspecified atom stereocenters. The zero-order chi connectivity index (χ0) is 28.4. The molecule has 0 saturated heterocycles. The molecular formula is C29H38F6O3. The second-order valence-electron chi connectivity index (χ2n) is 9.20. The number of alkyl halides is 6. The molecule has 0 aliphatic heterocycles. The molecule has 0 amide bonds. The quantitative estimate of drug-likeness (QED) is 0.126. The van der Waals surface area contributed by atoms with Gasteiger partial charge in [-0.15, -0.1) is 0 Å². The first-order valence-electron chi connectivity index (χ1n) is 13.1. The number of benzene rings is 2. The van der Waals surface area contributed by atoms with E-state index in [4.69, 9.17) is 14.2 Å². The number of hydrogen-bond donors (Lipinski definition) is 0. The summed E-state index contributed by atoms with van der Waals surface area (Å²) in [4.78, 5) is 0. The Labute approximate surface area is 221 Å². The molecule has 0 fully saturated rings. The van der Waals surface area contributed by atoms with Crippen molar-refractivity contribution < 1.29 is 40.6 Å². The van der Waals surface area contributed by atoms with Gasteiger partial charge in [-0.05, 0) is 55.2 Å². The van der Waals surface area contributed by atoms with Gasteiger partial charge in [-0.3, -0.25) is 0 Å². The summed E-state index contributed by atoms with van der Waals surface area (Å²) < 4.78 is 97.7. The zero-order valence-corrected chi connectivity index (χ0v) is 22.5. The van der Waals surface area contributed by atoms with E-state index in [1.807, 2.05) is 13.8 Å². The Hall–Kier alpha value is -2.10. The molecule has 0 N–H and O–H groups in total. The fourth-order valence-corrected chi connectivity index (χ4v) is 4.61. The summed E-state index contributed by atoms with van der Waals surface area (Å²) in [7, 11) is 1.50. The van der Waals surface area contributed by atoms with E-state index in [-0.39, 0.29) is 23.1 Å². The summed E-state index contributed by atoms with van der Waals surface area (Å²) in [5, 5.41) is 0. The van der Waals surface area contributed by atoms with Crippen LogP contribution in [0.4, 0.5) is 26.3 Å². The van der Waals surface area contributed by atoms with Crippen LogP contribution in [0.25, 0.3) is 11.1 Å². The highest BCUT2D eigenvalue weighted by atomic mass is 19.4. The molecule has 0 aliphatic rings. The Kier molecular flexibility index (Phi) is 12.1. The van der Waals surface area contributed by atoms with E-state index >= 15 is 0 Å². The minimum atomic E-state index is -4.91. The molecule has 2 aromatic carbocycles. The van der Waals surface area contributed by atoms with E-state index in [9.17, 15) is 26.3 Å². The molecule has 0 aromatic heterocycles. The lowest BCUT2D eigenvalue weighted by Gasteiger charge is -2.38. The van der Waals surface area contributed by atoms with Crippen molar-refractivity contribution in [2.45, 2.75) is 90.0 Å². The second kappa shape index (κ2) is 14.3. The maximum absolute atomic E-state index is 13.3. The smallest absolute Gasteiger partial charge is 0.330 e. The Balaban J connectivity index is 2.45. The van der Waals surface area contributed by atoms with E-state index in [1.54, 1.807) is 12.1 Å². The Morgan fingerprint density at radius 3 is 1.61 bits per heavy atom. The van der Waals surface area contributed by atoms with Crippen molar-refractivity contribution in [1.82, 2.24) is 0 Å². The van der Waals surface area contributed by atoms with E-state index in [1.165, 1.54) is 25.7 Å². The fraction of sp³-hybridized carbons (Fsp3) is 0.586. The molecule has 9 heteroatoms. The van der Waals surface area contributed by atoms with Crippen LogP contribution in [0, 0.1) is 0 Å². The first kappa shape index (κ1) is 32.1. The SMILES string of the molecule is CCCCCCCCC(c1ccc(-c2cc(C(F)(F)F)cc(C(F)(F)F)c2)cc1)C(OC)(OCC)OCC. The average Bonchev–Trinajstić information content (AvgIpc) is 2.87. The molecule has 38 heavy (non-hydrogen) atoms. The molecule has 0 heterocycles. The average molecular weight is 549 g/mol. The number of rotatable bonds is 15. The highest BCUT2D eigenvalue weighted by molar-refractivity contribution is 5.66. The van der Waals surface area contributed by atoms with Crippen LogP contribution in [0.3, 0.4) is 0 Å². The minimum Gasteiger partial charge on any atom is -0.330 e. The van der Waals surface area contributed by atoms with Crippen LogP contribution < -0.4 is 0 Å². The normalized spacial score (nSPS) is 13.6. The van der Waals surface area contributed by atoms with Crippen LogP contribution in [0.2, 0.25) is 0 Å². The number of unbranched alkanes of at least 4 members (excludes halogenated alkanes) is 5. The summed E-state index contributed by atoms with van der Waals surface area (Å²) >= 11 is 0. The van der Waals surface area contributed by atoms with Gasteiger partial charge in [0.2, 0.25) is 0 Å². The predicted octanol–water partition coefficient (Wildman–Crippen LogP) is 9.60. The molecule has 0 saturated carbocycles. The van der Waals surface area contributed by atoms with Crippen molar-refractivity contribution in [3.8, 4) is 11.1 Å². The summed E-state index contributed by atoms with van der Waals surface area (Å²) in [6.07, 6.45) is -2.69. The fourth-order valence-electron chi connectivity index (χ4n) is 4.61. The predicted molar refractivity (Wildman–Crippen MR) is 136 cm³/mol. The lowest BCUT2D eigenvalue weighted by Crippen LogP contribution is -2.44. The lowest BCUT2D eigenvalue weighted by atomic mass is 9.88. The van der Waals surface area contributed by atoms with Crippen molar-refractivity contribution in [2.75, 3.05) is 20.3 Å². The third-order valence-corrected chi connectivity index (χ3v) is 6.48. The van der Waals surface area contributed by atoms with Gasteiger partial charge in [0.15, 0.2) is 0 Å². The third kappa shape index (κ3) is 8.71. The van der Waals surface area contributed by atoms with Crippen molar-refractivity contribution in [3.05, 3.63) is 59.2 Å². The standard InChI is InChI=1S/C29H38F6O3/c1-5-8-9-10-11-12-13-26(29(36-4,37-6-2)38-7-3)22-16-14-21(15-17-22)23-18-24(27(30,31)32)20-25(19-23)28(33,34)35/h14-20,26H,5-13H2,1-4H3. The van der Waals surface area contributed by atoms with Gasteiger partial charge in [-0.25, -0.2) is 0 Å². The van der Waals surface area contributed by atoms with E-state index in [2.05, 4.69) is 6.92 Å². The van der Waals surface area contributed by atoms with Crippen molar-refractivity contribution in [2.24, 2.45) is 0 Å². The number of ether oxygens (including phenoxy) is 3.